The fourth-order valence-electron chi connectivity index (χ4n) is 2.82. The van der Waals surface area contributed by atoms with E-state index in [2.05, 4.69) is 4.89 Å². The number of rotatable bonds is 6. The maximum atomic E-state index is 13.7. The second-order valence-corrected chi connectivity index (χ2v) is 6.99. The van der Waals surface area contributed by atoms with E-state index in [-0.39, 0.29) is 16.9 Å². The lowest BCUT2D eigenvalue weighted by molar-refractivity contribution is -0.160. The molecular formula is C20H18F2O4S. The fourth-order valence-corrected chi connectivity index (χ4v) is 3.22. The molecule has 7 heteroatoms. The van der Waals surface area contributed by atoms with E-state index in [1.54, 1.807) is 31.2 Å². The maximum Gasteiger partial charge on any atom is 0.210 e. The molecular weight excluding hydrogens is 374 g/mol. The lowest BCUT2D eigenvalue weighted by Gasteiger charge is -2.21. The van der Waals surface area contributed by atoms with Gasteiger partial charge in [0.05, 0.1) is 24.7 Å². The first-order valence-corrected chi connectivity index (χ1v) is 9.04. The van der Waals surface area contributed by atoms with Gasteiger partial charge in [-0.3, -0.25) is 4.79 Å². The topological polar surface area (TPSA) is 44.8 Å². The number of carbonyl (C=O) groups is 1. The molecule has 27 heavy (non-hydrogen) atoms. The van der Waals surface area contributed by atoms with Gasteiger partial charge in [-0.1, -0.05) is 19.1 Å². The Morgan fingerprint density at radius 3 is 2.26 bits per heavy atom. The second kappa shape index (κ2) is 7.80. The van der Waals surface area contributed by atoms with Gasteiger partial charge in [-0.2, -0.15) is 4.33 Å². The van der Waals surface area contributed by atoms with Crippen molar-refractivity contribution in [2.75, 3.05) is 7.11 Å². The Labute approximate surface area is 160 Å². The van der Waals surface area contributed by atoms with Crippen LogP contribution in [0, 0.1) is 11.6 Å². The Kier molecular flexibility index (Phi) is 5.64. The molecule has 142 valence electrons. The summed E-state index contributed by atoms with van der Waals surface area (Å²) in [6.07, 6.45) is 0.423. The molecule has 0 radical (unpaired) electrons. The normalized spacial score (nSPS) is 19.5. The molecule has 0 aliphatic carbocycles. The van der Waals surface area contributed by atoms with E-state index in [1.165, 1.54) is 7.11 Å². The van der Waals surface area contributed by atoms with Crippen molar-refractivity contribution in [3.05, 3.63) is 65.2 Å². The lowest BCUT2D eigenvalue weighted by Crippen LogP contribution is -2.32. The summed E-state index contributed by atoms with van der Waals surface area (Å²) in [5.74, 6) is -1.50. The van der Waals surface area contributed by atoms with E-state index in [4.69, 9.17) is 9.07 Å². The molecule has 1 atom stereocenters. The largest absolute Gasteiger partial charge is 0.478 e. The first-order valence-electron chi connectivity index (χ1n) is 8.30. The zero-order valence-electron chi connectivity index (χ0n) is 15.0. The Bertz CT molecular complexity index is 875. The van der Waals surface area contributed by atoms with Crippen LogP contribution >= 0.6 is 12.0 Å². The predicted molar refractivity (Wildman–Crippen MR) is 98.4 cm³/mol. The Morgan fingerprint density at radius 1 is 1.07 bits per heavy atom. The average Bonchev–Trinajstić information content (AvgIpc) is 2.91. The van der Waals surface area contributed by atoms with Gasteiger partial charge in [-0.15, -0.1) is 0 Å². The fraction of sp³-hybridized carbons (Fsp3) is 0.250. The van der Waals surface area contributed by atoms with Crippen molar-refractivity contribution in [3.8, 4) is 0 Å². The number of carbonyl (C=O) groups excluding carboxylic acids is 1. The number of ether oxygens (including phenoxy) is 1. The molecule has 0 saturated carbocycles. The molecule has 2 aromatic rings. The molecule has 0 N–H and O–H groups in total. The standard InChI is InChI=1S/C20H18F2O4S/c1-4-20(2)19(23)17(13-9-14(21)11-15(22)10-13)18(25-20)12-5-7-16(8-6-12)27-26-24-3/h5-11H,4H2,1-3H3. The quantitative estimate of drug-likeness (QED) is 0.385. The van der Waals surface area contributed by atoms with Crippen LogP contribution in [0.15, 0.2) is 47.4 Å². The zero-order chi connectivity index (χ0) is 19.6. The van der Waals surface area contributed by atoms with Gasteiger partial charge in [0, 0.05) is 16.5 Å². The summed E-state index contributed by atoms with van der Waals surface area (Å²) in [6.45, 7) is 3.50. The minimum atomic E-state index is -1.08. The minimum absolute atomic E-state index is 0.158. The molecule has 0 aromatic heterocycles. The third-order valence-corrected chi connectivity index (χ3v) is 5.07. The average molecular weight is 392 g/mol. The summed E-state index contributed by atoms with van der Waals surface area (Å²) < 4.78 is 38.3. The highest BCUT2D eigenvalue weighted by molar-refractivity contribution is 7.94. The van der Waals surface area contributed by atoms with Crippen LogP contribution in [0.25, 0.3) is 11.3 Å². The molecule has 1 aliphatic rings. The van der Waals surface area contributed by atoms with E-state index in [0.717, 1.165) is 35.1 Å². The van der Waals surface area contributed by atoms with Gasteiger partial charge in [0.2, 0.25) is 5.78 Å². The van der Waals surface area contributed by atoms with Crippen LogP contribution in [0.5, 0.6) is 0 Å². The smallest absolute Gasteiger partial charge is 0.210 e. The Morgan fingerprint density at radius 2 is 1.70 bits per heavy atom. The van der Waals surface area contributed by atoms with Gasteiger partial charge in [0.1, 0.15) is 17.4 Å². The monoisotopic (exact) mass is 392 g/mol. The highest BCUT2D eigenvalue weighted by Crippen LogP contribution is 2.43. The van der Waals surface area contributed by atoms with E-state index in [1.807, 2.05) is 6.92 Å². The van der Waals surface area contributed by atoms with Gasteiger partial charge in [-0.05, 0) is 43.2 Å². The summed E-state index contributed by atoms with van der Waals surface area (Å²) in [4.78, 5) is 18.3. The summed E-state index contributed by atoms with van der Waals surface area (Å²) in [7, 11) is 1.40. The molecule has 1 aliphatic heterocycles. The van der Waals surface area contributed by atoms with Gasteiger partial charge < -0.3 is 4.74 Å². The van der Waals surface area contributed by atoms with Crippen molar-refractivity contribution in [3.63, 3.8) is 0 Å². The number of Topliss-reactive ketones (excluding diaryl/α,β-unsaturated/α-hetero) is 1. The predicted octanol–water partition coefficient (Wildman–Crippen LogP) is 5.19. The first-order chi connectivity index (χ1) is 12.9. The third kappa shape index (κ3) is 3.90. The van der Waals surface area contributed by atoms with E-state index >= 15 is 0 Å². The highest BCUT2D eigenvalue weighted by atomic mass is 32.2. The van der Waals surface area contributed by atoms with Crippen LogP contribution in [0.1, 0.15) is 31.4 Å². The molecule has 0 amide bonds. The molecule has 4 nitrogen and oxygen atoms in total. The van der Waals surface area contributed by atoms with Crippen LogP contribution in [0.4, 0.5) is 8.78 Å². The van der Waals surface area contributed by atoms with Crippen LogP contribution < -0.4 is 0 Å². The zero-order valence-corrected chi connectivity index (χ0v) is 15.9. The van der Waals surface area contributed by atoms with E-state index in [9.17, 15) is 13.6 Å². The van der Waals surface area contributed by atoms with Gasteiger partial charge in [-0.25, -0.2) is 13.7 Å². The van der Waals surface area contributed by atoms with E-state index in [0.29, 0.717) is 17.7 Å². The van der Waals surface area contributed by atoms with Crippen molar-refractivity contribution in [2.45, 2.75) is 30.8 Å². The molecule has 0 saturated heterocycles. The number of halogens is 2. The van der Waals surface area contributed by atoms with E-state index < -0.39 is 17.2 Å². The van der Waals surface area contributed by atoms with Crippen molar-refractivity contribution < 1.29 is 27.5 Å². The van der Waals surface area contributed by atoms with Gasteiger partial charge in [0.25, 0.3) is 0 Å². The molecule has 1 heterocycles. The number of hydrogen-bond donors (Lipinski definition) is 0. The van der Waals surface area contributed by atoms with Crippen LogP contribution in [0.2, 0.25) is 0 Å². The molecule has 1 unspecified atom stereocenters. The molecule has 0 bridgehead atoms. The van der Waals surface area contributed by atoms with Crippen LogP contribution in [-0.4, -0.2) is 18.5 Å². The van der Waals surface area contributed by atoms with Crippen molar-refractivity contribution >= 4 is 29.2 Å². The Hall–Kier alpha value is -2.22. The Balaban J connectivity index is 2.09. The minimum Gasteiger partial charge on any atom is -0.478 e. The maximum absolute atomic E-state index is 13.7. The summed E-state index contributed by atoms with van der Waals surface area (Å²) in [6, 6.07) is 10.1. The summed E-state index contributed by atoms with van der Waals surface area (Å²) in [5.41, 5.74) is -0.126. The molecule has 2 aromatic carbocycles. The molecule has 0 spiro atoms. The van der Waals surface area contributed by atoms with Crippen LogP contribution in [0.3, 0.4) is 0 Å². The summed E-state index contributed by atoms with van der Waals surface area (Å²) >= 11 is 1.03. The molecule has 3 rings (SSSR count). The molecule has 0 fully saturated rings. The highest BCUT2D eigenvalue weighted by Gasteiger charge is 2.45. The first kappa shape index (κ1) is 19.5. The summed E-state index contributed by atoms with van der Waals surface area (Å²) in [5, 5.41) is 0. The third-order valence-electron chi connectivity index (χ3n) is 4.40. The van der Waals surface area contributed by atoms with Crippen molar-refractivity contribution in [1.29, 1.82) is 0 Å². The second-order valence-electron chi connectivity index (χ2n) is 6.22. The SMILES string of the molecule is CCC1(C)OC(c2ccc(SOOC)cc2)=C(c2cc(F)cc(F)c2)C1=O. The lowest BCUT2D eigenvalue weighted by atomic mass is 9.90. The van der Waals surface area contributed by atoms with Gasteiger partial charge >= 0.3 is 0 Å². The van der Waals surface area contributed by atoms with Crippen LogP contribution in [-0.2, 0) is 18.8 Å². The van der Waals surface area contributed by atoms with Crippen molar-refractivity contribution in [1.82, 2.24) is 0 Å². The number of hydrogen-bond acceptors (Lipinski definition) is 5. The van der Waals surface area contributed by atoms with Gasteiger partial charge in [0.15, 0.2) is 5.60 Å². The van der Waals surface area contributed by atoms with Crippen molar-refractivity contribution in [2.24, 2.45) is 0 Å². The number of ketones is 1. The number of benzene rings is 2.